The van der Waals surface area contributed by atoms with Crippen molar-refractivity contribution in [3.63, 3.8) is 0 Å². The van der Waals surface area contributed by atoms with Crippen molar-refractivity contribution in [1.82, 2.24) is 14.9 Å². The minimum absolute atomic E-state index is 0.120. The fourth-order valence-electron chi connectivity index (χ4n) is 2.60. The van der Waals surface area contributed by atoms with Crippen LogP contribution in [0, 0.1) is 13.8 Å². The normalized spacial score (nSPS) is 10.7. The zero-order chi connectivity index (χ0) is 17.8. The second-order valence-corrected chi connectivity index (χ2v) is 6.81. The summed E-state index contributed by atoms with van der Waals surface area (Å²) in [5, 5.41) is 6.28. The smallest absolute Gasteiger partial charge is 0.253 e. The highest BCUT2D eigenvalue weighted by molar-refractivity contribution is 7.12. The third kappa shape index (κ3) is 4.03. The number of hydrogen-bond donors (Lipinski definition) is 1. The summed E-state index contributed by atoms with van der Waals surface area (Å²) >= 11 is 7.45. The summed E-state index contributed by atoms with van der Waals surface area (Å²) in [6.07, 6.45) is 1.76. The number of ether oxygens (including phenoxy) is 1. The van der Waals surface area contributed by atoms with Gasteiger partial charge in [-0.05, 0) is 38.1 Å². The van der Waals surface area contributed by atoms with Gasteiger partial charge in [-0.2, -0.15) is 0 Å². The van der Waals surface area contributed by atoms with Gasteiger partial charge >= 0.3 is 0 Å². The number of carbonyl (C=O) groups is 1. The highest BCUT2D eigenvalue weighted by Crippen LogP contribution is 2.22. The van der Waals surface area contributed by atoms with Crippen LogP contribution in [0.4, 0.5) is 0 Å². The van der Waals surface area contributed by atoms with E-state index in [1.807, 2.05) is 42.0 Å². The van der Waals surface area contributed by atoms with Crippen LogP contribution in [0.15, 0.2) is 41.9 Å². The number of benzene rings is 1. The first-order valence-electron chi connectivity index (χ1n) is 7.81. The van der Waals surface area contributed by atoms with E-state index in [0.29, 0.717) is 29.5 Å². The molecule has 0 atom stereocenters. The topological polar surface area (TPSA) is 56.1 Å². The van der Waals surface area contributed by atoms with Gasteiger partial charge in [0, 0.05) is 28.0 Å². The molecule has 1 aromatic carbocycles. The van der Waals surface area contributed by atoms with Gasteiger partial charge in [0.25, 0.3) is 5.91 Å². The highest BCUT2D eigenvalue weighted by Gasteiger charge is 2.17. The maximum Gasteiger partial charge on any atom is 0.253 e. The second kappa shape index (κ2) is 7.72. The molecule has 0 saturated carbocycles. The van der Waals surface area contributed by atoms with Crippen molar-refractivity contribution >= 4 is 28.8 Å². The first-order valence-corrected chi connectivity index (χ1v) is 9.07. The van der Waals surface area contributed by atoms with E-state index in [9.17, 15) is 4.79 Å². The fraction of sp³-hybridized carbons (Fsp3) is 0.222. The lowest BCUT2D eigenvalue weighted by molar-refractivity contribution is 0.0946. The number of nitrogens with zero attached hydrogens (tertiary/aromatic N) is 2. The van der Waals surface area contributed by atoms with Gasteiger partial charge in [-0.15, -0.1) is 11.3 Å². The second-order valence-electron chi connectivity index (χ2n) is 5.50. The Morgan fingerprint density at radius 2 is 2.20 bits per heavy atom. The van der Waals surface area contributed by atoms with Crippen molar-refractivity contribution in [1.29, 1.82) is 0 Å². The van der Waals surface area contributed by atoms with Gasteiger partial charge in [-0.1, -0.05) is 17.7 Å². The molecule has 0 spiro atoms. The molecule has 130 valence electrons. The molecule has 3 aromatic rings. The van der Waals surface area contributed by atoms with Crippen LogP contribution < -0.4 is 10.1 Å². The van der Waals surface area contributed by atoms with Crippen LogP contribution >= 0.6 is 22.9 Å². The van der Waals surface area contributed by atoms with E-state index in [2.05, 4.69) is 10.3 Å². The predicted octanol–water partition coefficient (Wildman–Crippen LogP) is 4.01. The lowest BCUT2D eigenvalue weighted by Crippen LogP contribution is -2.28. The van der Waals surface area contributed by atoms with Crippen LogP contribution in [-0.2, 0) is 0 Å². The first kappa shape index (κ1) is 17.5. The lowest BCUT2D eigenvalue weighted by Gasteiger charge is -2.08. The highest BCUT2D eigenvalue weighted by atomic mass is 35.5. The molecule has 0 radical (unpaired) electrons. The maximum atomic E-state index is 12.4. The summed E-state index contributed by atoms with van der Waals surface area (Å²) in [5.74, 6) is 0.564. The van der Waals surface area contributed by atoms with Crippen LogP contribution in [0.3, 0.4) is 0 Å². The molecular formula is C18H18ClN3O2S. The quantitative estimate of drug-likeness (QED) is 0.662. The Kier molecular flexibility index (Phi) is 5.40. The minimum atomic E-state index is -0.120. The number of amides is 1. The average molecular weight is 376 g/mol. The van der Waals surface area contributed by atoms with E-state index in [-0.39, 0.29) is 5.91 Å². The van der Waals surface area contributed by atoms with E-state index in [1.54, 1.807) is 18.3 Å². The number of aromatic nitrogens is 2. The molecule has 25 heavy (non-hydrogen) atoms. The molecular weight excluding hydrogens is 358 g/mol. The number of carbonyl (C=O) groups excluding carboxylic acids is 1. The van der Waals surface area contributed by atoms with Gasteiger partial charge < -0.3 is 10.1 Å². The molecule has 3 rings (SSSR count). The molecule has 0 bridgehead atoms. The number of thiazole rings is 1. The third-order valence-corrected chi connectivity index (χ3v) is 4.73. The van der Waals surface area contributed by atoms with Crippen molar-refractivity contribution in [3.05, 3.63) is 63.9 Å². The first-order chi connectivity index (χ1) is 12.1. The van der Waals surface area contributed by atoms with Crippen LogP contribution in [0.1, 0.15) is 21.7 Å². The number of rotatable bonds is 6. The van der Waals surface area contributed by atoms with Crippen molar-refractivity contribution in [2.75, 3.05) is 13.2 Å². The van der Waals surface area contributed by atoms with Gasteiger partial charge in [0.2, 0.25) is 0 Å². The SMILES string of the molecule is Cc1cc(C(=O)NCCOc2cccc(Cl)c2)c(C)n1-c1nccs1. The van der Waals surface area contributed by atoms with Gasteiger partial charge in [0.05, 0.1) is 12.1 Å². The number of nitrogens with one attached hydrogen (secondary N) is 1. The largest absolute Gasteiger partial charge is 0.492 e. The van der Waals surface area contributed by atoms with Crippen molar-refractivity contribution in [2.45, 2.75) is 13.8 Å². The molecule has 0 aliphatic carbocycles. The minimum Gasteiger partial charge on any atom is -0.492 e. The summed E-state index contributed by atoms with van der Waals surface area (Å²) in [7, 11) is 0. The lowest BCUT2D eigenvalue weighted by atomic mass is 10.2. The van der Waals surface area contributed by atoms with Gasteiger partial charge in [0.15, 0.2) is 5.13 Å². The Morgan fingerprint density at radius 1 is 1.36 bits per heavy atom. The molecule has 0 aliphatic heterocycles. The molecule has 7 heteroatoms. The fourth-order valence-corrected chi connectivity index (χ4v) is 3.53. The van der Waals surface area contributed by atoms with E-state index in [0.717, 1.165) is 16.5 Å². The van der Waals surface area contributed by atoms with Crippen LogP contribution in [0.5, 0.6) is 5.75 Å². The van der Waals surface area contributed by atoms with Crippen LogP contribution in [0.2, 0.25) is 5.02 Å². The van der Waals surface area contributed by atoms with E-state index < -0.39 is 0 Å². The van der Waals surface area contributed by atoms with Crippen LogP contribution in [-0.4, -0.2) is 28.6 Å². The third-order valence-electron chi connectivity index (χ3n) is 3.74. The Hall–Kier alpha value is -2.31. The average Bonchev–Trinajstić information content (AvgIpc) is 3.19. The molecule has 1 amide bonds. The summed E-state index contributed by atoms with van der Waals surface area (Å²) in [4.78, 5) is 16.8. The summed E-state index contributed by atoms with van der Waals surface area (Å²) in [5.41, 5.74) is 2.50. The zero-order valence-electron chi connectivity index (χ0n) is 14.0. The van der Waals surface area contributed by atoms with Gasteiger partial charge in [0.1, 0.15) is 12.4 Å². The van der Waals surface area contributed by atoms with E-state index in [4.69, 9.17) is 16.3 Å². The van der Waals surface area contributed by atoms with E-state index in [1.165, 1.54) is 11.3 Å². The molecule has 2 heterocycles. The Labute approximate surface area is 155 Å². The summed E-state index contributed by atoms with van der Waals surface area (Å²) < 4.78 is 7.57. The Bertz CT molecular complexity index is 875. The molecule has 0 aliphatic rings. The molecule has 2 aromatic heterocycles. The van der Waals surface area contributed by atoms with Crippen LogP contribution in [0.25, 0.3) is 5.13 Å². The van der Waals surface area contributed by atoms with Crippen molar-refractivity contribution < 1.29 is 9.53 Å². The molecule has 0 saturated heterocycles. The molecule has 1 N–H and O–H groups in total. The monoisotopic (exact) mass is 375 g/mol. The standard InChI is InChI=1S/C18H18ClN3O2S/c1-12-10-16(13(2)22(12)18-21-7-9-25-18)17(23)20-6-8-24-15-5-3-4-14(19)11-15/h3-5,7,9-11H,6,8H2,1-2H3,(H,20,23). The molecule has 0 unspecified atom stereocenters. The van der Waals surface area contributed by atoms with Crippen molar-refractivity contribution in [3.8, 4) is 10.9 Å². The van der Waals surface area contributed by atoms with Gasteiger partial charge in [-0.25, -0.2) is 4.98 Å². The number of hydrogen-bond acceptors (Lipinski definition) is 4. The Balaban J connectivity index is 1.59. The number of aryl methyl sites for hydroxylation is 1. The van der Waals surface area contributed by atoms with E-state index >= 15 is 0 Å². The summed E-state index contributed by atoms with van der Waals surface area (Å²) in [6, 6.07) is 9.06. The zero-order valence-corrected chi connectivity index (χ0v) is 15.5. The summed E-state index contributed by atoms with van der Waals surface area (Å²) in [6.45, 7) is 4.67. The Morgan fingerprint density at radius 3 is 2.92 bits per heavy atom. The number of halogens is 1. The predicted molar refractivity (Wildman–Crippen MR) is 100 cm³/mol. The van der Waals surface area contributed by atoms with Gasteiger partial charge in [-0.3, -0.25) is 9.36 Å². The maximum absolute atomic E-state index is 12.4. The molecule has 5 nitrogen and oxygen atoms in total. The molecule has 0 fully saturated rings. The van der Waals surface area contributed by atoms with Crippen molar-refractivity contribution in [2.24, 2.45) is 0 Å².